The molecule has 21 heavy (non-hydrogen) atoms. The van der Waals surface area contributed by atoms with E-state index in [9.17, 15) is 9.59 Å². The van der Waals surface area contributed by atoms with Crippen molar-refractivity contribution in [3.05, 3.63) is 23.8 Å². The Morgan fingerprint density at radius 3 is 3.00 bits per heavy atom. The summed E-state index contributed by atoms with van der Waals surface area (Å²) in [5, 5.41) is 8.79. The molecule has 0 aromatic heterocycles. The first-order valence-corrected chi connectivity index (χ1v) is 6.56. The average molecular weight is 294 g/mol. The lowest BCUT2D eigenvalue weighted by Crippen LogP contribution is -2.40. The highest BCUT2D eigenvalue weighted by molar-refractivity contribution is 5.98. The maximum Gasteiger partial charge on any atom is 0.305 e. The van der Waals surface area contributed by atoms with E-state index in [0.717, 1.165) is 5.56 Å². The maximum absolute atomic E-state index is 11.9. The predicted octanol–water partition coefficient (Wildman–Crippen LogP) is 0.533. The second-order valence-electron chi connectivity index (χ2n) is 4.77. The molecule has 1 atom stereocenters. The number of rotatable bonds is 6. The first-order chi connectivity index (χ1) is 10.0. The van der Waals surface area contributed by atoms with Crippen LogP contribution >= 0.6 is 0 Å². The number of anilines is 1. The quantitative estimate of drug-likeness (QED) is 0.793. The number of carbonyl (C=O) groups is 2. The molecule has 1 amide bonds. The Kier molecular flexibility index (Phi) is 4.77. The molecule has 0 bridgehead atoms. The lowest BCUT2D eigenvalue weighted by Gasteiger charge is -2.30. The van der Waals surface area contributed by atoms with Crippen LogP contribution in [0.25, 0.3) is 0 Å². The molecule has 0 saturated heterocycles. The van der Waals surface area contributed by atoms with Gasteiger partial charge >= 0.3 is 5.97 Å². The summed E-state index contributed by atoms with van der Waals surface area (Å²) in [6.45, 7) is 0.367. The molecular weight excluding hydrogens is 276 g/mol. The van der Waals surface area contributed by atoms with Crippen LogP contribution in [0.3, 0.4) is 0 Å². The van der Waals surface area contributed by atoms with Gasteiger partial charge < -0.3 is 25.2 Å². The zero-order valence-corrected chi connectivity index (χ0v) is 11.7. The van der Waals surface area contributed by atoms with Crippen molar-refractivity contribution in [2.75, 3.05) is 31.8 Å². The molecule has 0 saturated carbocycles. The van der Waals surface area contributed by atoms with Crippen LogP contribution in [0.2, 0.25) is 0 Å². The number of fused-ring (bicyclic) bond motifs is 1. The number of nitrogens with zero attached hydrogens (tertiary/aromatic N) is 1. The van der Waals surface area contributed by atoms with Gasteiger partial charge in [0.1, 0.15) is 5.75 Å². The molecular formula is C14H18N2O5. The Bertz CT molecular complexity index is 546. The predicted molar refractivity (Wildman–Crippen MR) is 75.3 cm³/mol. The van der Waals surface area contributed by atoms with Gasteiger partial charge in [0.25, 0.3) is 5.91 Å². The van der Waals surface area contributed by atoms with Crippen molar-refractivity contribution in [3.8, 4) is 5.75 Å². The minimum atomic E-state index is -0.955. The van der Waals surface area contributed by atoms with E-state index in [-0.39, 0.29) is 31.5 Å². The largest absolute Gasteiger partial charge is 0.482 e. The van der Waals surface area contributed by atoms with Gasteiger partial charge in [0.05, 0.1) is 24.8 Å². The van der Waals surface area contributed by atoms with E-state index < -0.39 is 5.97 Å². The van der Waals surface area contributed by atoms with Crippen LogP contribution < -0.4 is 15.4 Å². The van der Waals surface area contributed by atoms with Crippen LogP contribution in [0.15, 0.2) is 18.2 Å². The van der Waals surface area contributed by atoms with Gasteiger partial charge in [0.2, 0.25) is 0 Å². The zero-order valence-electron chi connectivity index (χ0n) is 11.7. The van der Waals surface area contributed by atoms with Crippen molar-refractivity contribution >= 4 is 17.6 Å². The summed E-state index contributed by atoms with van der Waals surface area (Å²) in [6.07, 6.45) is -0.125. The van der Waals surface area contributed by atoms with E-state index in [0.29, 0.717) is 18.0 Å². The van der Waals surface area contributed by atoms with E-state index in [2.05, 4.69) is 0 Å². The molecule has 0 spiro atoms. The second-order valence-corrected chi connectivity index (χ2v) is 4.77. The number of nitrogens with two attached hydrogens (primary N) is 1. The number of ether oxygens (including phenoxy) is 2. The fourth-order valence-electron chi connectivity index (χ4n) is 2.18. The molecule has 1 heterocycles. The SMILES string of the molecule is COCC(N)c1ccc2c(c1)N(CCC(=O)O)C(=O)CO2. The third kappa shape index (κ3) is 3.50. The smallest absolute Gasteiger partial charge is 0.305 e. The van der Waals surface area contributed by atoms with Crippen LogP contribution in [0.1, 0.15) is 18.0 Å². The highest BCUT2D eigenvalue weighted by atomic mass is 16.5. The Balaban J connectivity index is 2.28. The van der Waals surface area contributed by atoms with Crippen molar-refractivity contribution in [3.63, 3.8) is 0 Å². The summed E-state index contributed by atoms with van der Waals surface area (Å²) in [5.41, 5.74) is 7.33. The summed E-state index contributed by atoms with van der Waals surface area (Å²) < 4.78 is 10.4. The minimum absolute atomic E-state index is 0.0872. The van der Waals surface area contributed by atoms with Crippen molar-refractivity contribution in [2.24, 2.45) is 5.73 Å². The monoisotopic (exact) mass is 294 g/mol. The summed E-state index contributed by atoms with van der Waals surface area (Å²) in [5.74, 6) is -0.669. The van der Waals surface area contributed by atoms with Crippen molar-refractivity contribution in [1.29, 1.82) is 0 Å². The average Bonchev–Trinajstić information content (AvgIpc) is 2.45. The van der Waals surface area contributed by atoms with Crippen LogP contribution in [-0.2, 0) is 14.3 Å². The zero-order chi connectivity index (χ0) is 15.4. The second kappa shape index (κ2) is 6.55. The van der Waals surface area contributed by atoms with E-state index in [1.54, 1.807) is 19.2 Å². The number of hydrogen-bond acceptors (Lipinski definition) is 5. The highest BCUT2D eigenvalue weighted by Gasteiger charge is 2.26. The van der Waals surface area contributed by atoms with Gasteiger partial charge in [0.15, 0.2) is 6.61 Å². The molecule has 1 aliphatic rings. The Hall–Kier alpha value is -2.12. The van der Waals surface area contributed by atoms with E-state index in [1.807, 2.05) is 6.07 Å². The number of aliphatic carboxylic acids is 1. The van der Waals surface area contributed by atoms with E-state index in [4.69, 9.17) is 20.3 Å². The van der Waals surface area contributed by atoms with Crippen LogP contribution in [0.4, 0.5) is 5.69 Å². The van der Waals surface area contributed by atoms with Crippen LogP contribution in [0, 0.1) is 0 Å². The van der Waals surface area contributed by atoms with Crippen molar-refractivity contribution in [2.45, 2.75) is 12.5 Å². The molecule has 2 rings (SSSR count). The number of carbonyl (C=O) groups excluding carboxylic acids is 1. The maximum atomic E-state index is 11.9. The fourth-order valence-corrected chi connectivity index (χ4v) is 2.18. The van der Waals surface area contributed by atoms with E-state index >= 15 is 0 Å². The Labute approximate surface area is 122 Å². The van der Waals surface area contributed by atoms with Gasteiger partial charge in [-0.15, -0.1) is 0 Å². The van der Waals surface area contributed by atoms with Crippen LogP contribution in [0.5, 0.6) is 5.75 Å². The van der Waals surface area contributed by atoms with Gasteiger partial charge in [-0.2, -0.15) is 0 Å². The topological polar surface area (TPSA) is 102 Å². The van der Waals surface area contributed by atoms with Gasteiger partial charge in [0, 0.05) is 13.7 Å². The van der Waals surface area contributed by atoms with Gasteiger partial charge in [-0.25, -0.2) is 0 Å². The lowest BCUT2D eigenvalue weighted by atomic mass is 10.1. The molecule has 0 aliphatic carbocycles. The number of carboxylic acids is 1. The molecule has 1 aliphatic heterocycles. The Morgan fingerprint density at radius 1 is 1.57 bits per heavy atom. The number of hydrogen-bond donors (Lipinski definition) is 2. The fraction of sp³-hybridized carbons (Fsp3) is 0.429. The molecule has 114 valence electrons. The Morgan fingerprint density at radius 2 is 2.33 bits per heavy atom. The normalized spacial score (nSPS) is 15.3. The molecule has 0 fully saturated rings. The minimum Gasteiger partial charge on any atom is -0.482 e. The van der Waals surface area contributed by atoms with Gasteiger partial charge in [-0.3, -0.25) is 9.59 Å². The third-order valence-electron chi connectivity index (χ3n) is 3.25. The molecule has 0 radical (unpaired) electrons. The number of amides is 1. The summed E-state index contributed by atoms with van der Waals surface area (Å²) in [6, 6.07) is 4.98. The first-order valence-electron chi connectivity index (χ1n) is 6.56. The molecule has 7 heteroatoms. The summed E-state index contributed by atoms with van der Waals surface area (Å²) >= 11 is 0. The van der Waals surface area contributed by atoms with Crippen molar-refractivity contribution in [1.82, 2.24) is 0 Å². The molecule has 3 N–H and O–H groups in total. The third-order valence-corrected chi connectivity index (χ3v) is 3.25. The number of methoxy groups -OCH3 is 1. The lowest BCUT2D eigenvalue weighted by molar-refractivity contribution is -0.136. The molecule has 7 nitrogen and oxygen atoms in total. The molecule has 1 aromatic rings. The van der Waals surface area contributed by atoms with Crippen LogP contribution in [-0.4, -0.2) is 43.9 Å². The van der Waals surface area contributed by atoms with Gasteiger partial charge in [-0.1, -0.05) is 6.07 Å². The highest BCUT2D eigenvalue weighted by Crippen LogP contribution is 2.34. The van der Waals surface area contributed by atoms with E-state index in [1.165, 1.54) is 4.90 Å². The molecule has 1 aromatic carbocycles. The summed E-state index contributed by atoms with van der Waals surface area (Å²) in [7, 11) is 1.56. The number of carboxylic acid groups (broad SMARTS) is 1. The summed E-state index contributed by atoms with van der Waals surface area (Å²) in [4.78, 5) is 24.1. The first kappa shape index (κ1) is 15.3. The molecule has 1 unspecified atom stereocenters. The number of benzene rings is 1. The standard InChI is InChI=1S/C14H18N2O5/c1-20-7-10(15)9-2-3-12-11(6-9)16(5-4-14(18)19)13(17)8-21-12/h2-3,6,10H,4-5,7-8,15H2,1H3,(H,18,19). The van der Waals surface area contributed by atoms with Gasteiger partial charge in [-0.05, 0) is 17.7 Å². The van der Waals surface area contributed by atoms with Crippen molar-refractivity contribution < 1.29 is 24.2 Å².